The van der Waals surface area contributed by atoms with Crippen molar-refractivity contribution >= 4 is 17.2 Å². The van der Waals surface area contributed by atoms with Gasteiger partial charge in [0.1, 0.15) is 5.69 Å². The Bertz CT molecular complexity index is 747. The smallest absolute Gasteiger partial charge is 0.227 e. The number of carbonyl (C=O) groups excluding carboxylic acids is 1. The fourth-order valence-electron chi connectivity index (χ4n) is 4.26. The molecule has 1 aliphatic heterocycles. The molecule has 2 aromatic heterocycles. The van der Waals surface area contributed by atoms with Crippen molar-refractivity contribution in [3.63, 3.8) is 0 Å². The first kappa shape index (κ1) is 17.6. The number of aliphatic hydroxyl groups excluding tert-OH is 1. The number of nitrogens with zero attached hydrogens (tertiary/aromatic N) is 4. The third kappa shape index (κ3) is 3.54. The number of methoxy groups -OCH3 is 1. The van der Waals surface area contributed by atoms with Crippen LogP contribution in [0.1, 0.15) is 30.1 Å². The van der Waals surface area contributed by atoms with Crippen LogP contribution in [0.3, 0.4) is 0 Å². The van der Waals surface area contributed by atoms with Crippen LogP contribution in [0.4, 0.5) is 0 Å². The van der Waals surface area contributed by atoms with Crippen LogP contribution in [0.25, 0.3) is 0 Å². The van der Waals surface area contributed by atoms with Gasteiger partial charge in [-0.25, -0.2) is 4.68 Å². The van der Waals surface area contributed by atoms with Gasteiger partial charge in [0.25, 0.3) is 0 Å². The molecule has 1 aliphatic carbocycles. The summed E-state index contributed by atoms with van der Waals surface area (Å²) >= 11 is 1.62. The second-order valence-corrected chi connectivity index (χ2v) is 8.14. The van der Waals surface area contributed by atoms with E-state index in [9.17, 15) is 9.90 Å². The predicted octanol–water partition coefficient (Wildman–Crippen LogP) is 1.50. The first-order chi connectivity index (χ1) is 12.6. The molecule has 4 rings (SSSR count). The Kier molecular flexibility index (Phi) is 5.06. The van der Waals surface area contributed by atoms with Gasteiger partial charge in [0, 0.05) is 20.2 Å². The minimum absolute atomic E-state index is 0.0821. The second kappa shape index (κ2) is 7.46. The average molecular weight is 376 g/mol. The molecule has 1 saturated carbocycles. The van der Waals surface area contributed by atoms with E-state index in [1.54, 1.807) is 23.1 Å². The summed E-state index contributed by atoms with van der Waals surface area (Å²) in [6, 6.07) is 1.93. The van der Waals surface area contributed by atoms with Gasteiger partial charge in [0.2, 0.25) is 5.91 Å². The van der Waals surface area contributed by atoms with Crippen molar-refractivity contribution in [3.05, 3.63) is 34.3 Å². The Morgan fingerprint density at radius 1 is 1.38 bits per heavy atom. The first-order valence-electron chi connectivity index (χ1n) is 9.00. The normalized spacial score (nSPS) is 28.3. The molecule has 3 heterocycles. The third-order valence-corrected chi connectivity index (χ3v) is 6.32. The van der Waals surface area contributed by atoms with Crippen LogP contribution >= 0.6 is 11.3 Å². The highest BCUT2D eigenvalue weighted by atomic mass is 32.1. The molecule has 2 aromatic rings. The molecule has 1 amide bonds. The van der Waals surface area contributed by atoms with Crippen molar-refractivity contribution < 1.29 is 14.6 Å². The zero-order valence-electron chi connectivity index (χ0n) is 14.8. The van der Waals surface area contributed by atoms with Gasteiger partial charge < -0.3 is 14.7 Å². The van der Waals surface area contributed by atoms with Crippen LogP contribution in [0.5, 0.6) is 0 Å². The highest BCUT2D eigenvalue weighted by molar-refractivity contribution is 7.08. The lowest BCUT2D eigenvalue weighted by molar-refractivity contribution is -0.129. The number of likely N-dealkylation sites (tertiary alicyclic amines) is 1. The Hall–Kier alpha value is -1.77. The summed E-state index contributed by atoms with van der Waals surface area (Å²) in [5.41, 5.74) is 1.85. The Morgan fingerprint density at radius 2 is 2.19 bits per heavy atom. The molecular weight excluding hydrogens is 352 g/mol. The molecule has 0 aromatic carbocycles. The van der Waals surface area contributed by atoms with Crippen LogP contribution in [-0.2, 0) is 22.6 Å². The van der Waals surface area contributed by atoms with E-state index in [1.165, 1.54) is 0 Å². The number of carbonyl (C=O) groups is 1. The minimum Gasteiger partial charge on any atom is -0.391 e. The summed E-state index contributed by atoms with van der Waals surface area (Å²) in [5.74, 6) is 0.964. The van der Waals surface area contributed by atoms with Crippen molar-refractivity contribution in [3.8, 4) is 0 Å². The Morgan fingerprint density at radius 3 is 2.92 bits per heavy atom. The number of fused-ring (bicyclic) bond motifs is 1. The number of ether oxygens (including phenoxy) is 1. The van der Waals surface area contributed by atoms with Crippen LogP contribution in [0.15, 0.2) is 23.0 Å². The summed E-state index contributed by atoms with van der Waals surface area (Å²) < 4.78 is 6.86. The van der Waals surface area contributed by atoms with Crippen LogP contribution in [0.2, 0.25) is 0 Å². The molecule has 0 spiro atoms. The summed E-state index contributed by atoms with van der Waals surface area (Å²) in [4.78, 5) is 14.6. The van der Waals surface area contributed by atoms with E-state index in [0.717, 1.165) is 30.8 Å². The topological polar surface area (TPSA) is 80.5 Å². The number of amides is 1. The highest BCUT2D eigenvalue weighted by Gasteiger charge is 2.43. The van der Waals surface area contributed by atoms with Gasteiger partial charge in [-0.3, -0.25) is 4.79 Å². The van der Waals surface area contributed by atoms with Gasteiger partial charge in [0.05, 0.1) is 31.4 Å². The van der Waals surface area contributed by atoms with Crippen LogP contribution in [0, 0.1) is 11.8 Å². The van der Waals surface area contributed by atoms with E-state index >= 15 is 0 Å². The van der Waals surface area contributed by atoms with E-state index in [4.69, 9.17) is 4.74 Å². The van der Waals surface area contributed by atoms with Crippen molar-refractivity contribution in [2.24, 2.45) is 11.8 Å². The molecule has 140 valence electrons. The molecule has 2 fully saturated rings. The summed E-state index contributed by atoms with van der Waals surface area (Å²) in [5, 5.41) is 22.9. The first-order valence-corrected chi connectivity index (χ1v) is 9.95. The molecule has 2 aliphatic rings. The van der Waals surface area contributed by atoms with E-state index < -0.39 is 6.10 Å². The summed E-state index contributed by atoms with van der Waals surface area (Å²) in [7, 11) is 1.62. The zero-order chi connectivity index (χ0) is 18.1. The molecular formula is C18H24N4O3S. The van der Waals surface area contributed by atoms with Crippen molar-refractivity contribution in [1.29, 1.82) is 0 Å². The third-order valence-electron chi connectivity index (χ3n) is 5.59. The van der Waals surface area contributed by atoms with Gasteiger partial charge in [-0.05, 0) is 47.1 Å². The SMILES string of the molecule is COCc1cn([C@@H]2C[C@@H]3CN(C(=O)Cc4ccsc4)C[C@@H]3C[C@H]2O)nn1. The quantitative estimate of drug-likeness (QED) is 0.855. The van der Waals surface area contributed by atoms with Gasteiger partial charge in [-0.15, -0.1) is 5.10 Å². The largest absolute Gasteiger partial charge is 0.391 e. The molecule has 26 heavy (non-hydrogen) atoms. The molecule has 7 nitrogen and oxygen atoms in total. The lowest BCUT2D eigenvalue weighted by Crippen LogP contribution is -2.36. The monoisotopic (exact) mass is 376 g/mol. The number of hydrogen-bond acceptors (Lipinski definition) is 6. The maximum absolute atomic E-state index is 12.6. The zero-order valence-corrected chi connectivity index (χ0v) is 15.6. The van der Waals surface area contributed by atoms with Gasteiger partial charge >= 0.3 is 0 Å². The predicted molar refractivity (Wildman–Crippen MR) is 96.6 cm³/mol. The molecule has 0 radical (unpaired) electrons. The fourth-order valence-corrected chi connectivity index (χ4v) is 4.93. The fraction of sp³-hybridized carbons (Fsp3) is 0.611. The molecule has 1 N–H and O–H groups in total. The van der Waals surface area contributed by atoms with Crippen molar-refractivity contribution in [2.75, 3.05) is 20.2 Å². The second-order valence-electron chi connectivity index (χ2n) is 7.36. The molecule has 1 saturated heterocycles. The average Bonchev–Trinajstić information content (AvgIpc) is 3.34. The van der Waals surface area contributed by atoms with E-state index in [-0.39, 0.29) is 11.9 Å². The number of aliphatic hydroxyl groups is 1. The van der Waals surface area contributed by atoms with Crippen LogP contribution in [-0.4, -0.2) is 57.2 Å². The number of thiophene rings is 1. The van der Waals surface area contributed by atoms with E-state index in [2.05, 4.69) is 10.3 Å². The van der Waals surface area contributed by atoms with Crippen LogP contribution < -0.4 is 0 Å². The maximum Gasteiger partial charge on any atom is 0.227 e. The Labute approximate surface area is 156 Å². The molecule has 0 bridgehead atoms. The Balaban J connectivity index is 1.40. The lowest BCUT2D eigenvalue weighted by Gasteiger charge is -2.34. The van der Waals surface area contributed by atoms with Gasteiger partial charge in [-0.1, -0.05) is 5.21 Å². The molecule has 0 unspecified atom stereocenters. The lowest BCUT2D eigenvalue weighted by atomic mass is 9.77. The van der Waals surface area contributed by atoms with Gasteiger partial charge in [0.15, 0.2) is 0 Å². The summed E-state index contributed by atoms with van der Waals surface area (Å²) in [6.45, 7) is 1.94. The number of rotatable bonds is 5. The molecule has 4 atom stereocenters. The summed E-state index contributed by atoms with van der Waals surface area (Å²) in [6.07, 6.45) is 3.39. The standard InChI is InChI=1S/C18H24N4O3S/c1-25-10-15-9-22(20-19-15)16-5-13-7-21(8-14(13)6-17(16)23)18(24)4-12-2-3-26-11-12/h2-3,9,11,13-14,16-17,23H,4-8,10H2,1H3/t13-,14+,16-,17-/m1/s1. The van der Waals surface area contributed by atoms with E-state index in [1.807, 2.05) is 27.9 Å². The molecule has 8 heteroatoms. The number of aromatic nitrogens is 3. The minimum atomic E-state index is -0.458. The maximum atomic E-state index is 12.6. The van der Waals surface area contributed by atoms with Crippen molar-refractivity contribution in [2.45, 2.75) is 38.0 Å². The van der Waals surface area contributed by atoms with Crippen molar-refractivity contribution in [1.82, 2.24) is 19.9 Å². The van der Waals surface area contributed by atoms with Gasteiger partial charge in [-0.2, -0.15) is 11.3 Å². The number of hydrogen-bond donors (Lipinski definition) is 1. The highest BCUT2D eigenvalue weighted by Crippen LogP contribution is 2.41. The van der Waals surface area contributed by atoms with E-state index in [0.29, 0.717) is 31.3 Å².